The molecule has 7 heteroatoms. The van der Waals surface area contributed by atoms with Gasteiger partial charge in [-0.25, -0.2) is 8.42 Å². The van der Waals surface area contributed by atoms with Crippen LogP contribution in [0.15, 0.2) is 59.5 Å². The molecular weight excluding hydrogens is 354 g/mol. The van der Waals surface area contributed by atoms with E-state index >= 15 is 0 Å². The van der Waals surface area contributed by atoms with Crippen molar-refractivity contribution in [3.63, 3.8) is 0 Å². The molecule has 0 saturated carbocycles. The molecule has 136 valence electrons. The fourth-order valence-electron chi connectivity index (χ4n) is 3.33. The standard InChI is InChI=1S/C19H19NO5S/c21-19(18-13-24-16-8-4-5-9-17(16)25-18)20-11-10-15(12-20)26(22,23)14-6-2-1-3-7-14/h1-9,15,18H,10-13H2. The number of hydrogen-bond donors (Lipinski definition) is 0. The van der Waals surface area contributed by atoms with Gasteiger partial charge >= 0.3 is 0 Å². The van der Waals surface area contributed by atoms with Crippen molar-refractivity contribution in [2.24, 2.45) is 0 Å². The van der Waals surface area contributed by atoms with Crippen molar-refractivity contribution in [1.82, 2.24) is 4.90 Å². The van der Waals surface area contributed by atoms with Crippen LogP contribution >= 0.6 is 0 Å². The molecule has 0 aromatic heterocycles. The van der Waals surface area contributed by atoms with Crippen LogP contribution in [0, 0.1) is 0 Å². The lowest BCUT2D eigenvalue weighted by Crippen LogP contribution is -2.46. The molecule has 0 spiro atoms. The molecule has 1 fully saturated rings. The lowest BCUT2D eigenvalue weighted by Gasteiger charge is -2.28. The topological polar surface area (TPSA) is 72.9 Å². The first-order valence-corrected chi connectivity index (χ1v) is 10.1. The highest BCUT2D eigenvalue weighted by molar-refractivity contribution is 7.92. The zero-order valence-electron chi connectivity index (χ0n) is 14.1. The molecular formula is C19H19NO5S. The van der Waals surface area contributed by atoms with Crippen molar-refractivity contribution in [2.45, 2.75) is 22.7 Å². The summed E-state index contributed by atoms with van der Waals surface area (Å²) in [4.78, 5) is 14.6. The average Bonchev–Trinajstić information content (AvgIpc) is 3.19. The van der Waals surface area contributed by atoms with E-state index in [4.69, 9.17) is 9.47 Å². The zero-order valence-corrected chi connectivity index (χ0v) is 14.9. The highest BCUT2D eigenvalue weighted by atomic mass is 32.2. The number of carbonyl (C=O) groups is 1. The first-order valence-electron chi connectivity index (χ1n) is 8.52. The third-order valence-corrected chi connectivity index (χ3v) is 6.94. The predicted octanol–water partition coefficient (Wildman–Crippen LogP) is 1.90. The molecule has 2 aliphatic heterocycles. The lowest BCUT2D eigenvalue weighted by molar-refractivity contribution is -0.140. The van der Waals surface area contributed by atoms with E-state index in [2.05, 4.69) is 0 Å². The summed E-state index contributed by atoms with van der Waals surface area (Å²) in [5.74, 6) is 0.914. The highest BCUT2D eigenvalue weighted by Crippen LogP contribution is 2.32. The minimum Gasteiger partial charge on any atom is -0.485 e. The molecule has 0 aliphatic carbocycles. The second kappa shape index (κ2) is 6.64. The Morgan fingerprint density at radius 3 is 2.46 bits per heavy atom. The Hall–Kier alpha value is -2.54. The van der Waals surface area contributed by atoms with Gasteiger partial charge in [0, 0.05) is 13.1 Å². The first-order chi connectivity index (χ1) is 12.6. The molecule has 4 rings (SSSR count). The molecule has 0 N–H and O–H groups in total. The number of rotatable bonds is 3. The molecule has 26 heavy (non-hydrogen) atoms. The van der Waals surface area contributed by atoms with Gasteiger partial charge in [0.1, 0.15) is 6.61 Å². The summed E-state index contributed by atoms with van der Waals surface area (Å²) in [6.07, 6.45) is -0.323. The van der Waals surface area contributed by atoms with Crippen molar-refractivity contribution in [3.05, 3.63) is 54.6 Å². The third-order valence-electron chi connectivity index (χ3n) is 4.75. The maximum Gasteiger partial charge on any atom is 0.267 e. The second-order valence-corrected chi connectivity index (χ2v) is 8.65. The van der Waals surface area contributed by atoms with Gasteiger partial charge < -0.3 is 14.4 Å². The molecule has 2 aliphatic rings. The van der Waals surface area contributed by atoms with Crippen LogP contribution in [0.5, 0.6) is 11.5 Å². The Morgan fingerprint density at radius 1 is 1.00 bits per heavy atom. The van der Waals surface area contributed by atoms with Crippen LogP contribution in [0.1, 0.15) is 6.42 Å². The monoisotopic (exact) mass is 373 g/mol. The Bertz CT molecular complexity index is 913. The zero-order chi connectivity index (χ0) is 18.1. The van der Waals surface area contributed by atoms with Crippen molar-refractivity contribution < 1.29 is 22.7 Å². The Morgan fingerprint density at radius 2 is 1.69 bits per heavy atom. The maximum absolute atomic E-state index is 12.7. The fourth-order valence-corrected chi connectivity index (χ4v) is 5.04. The predicted molar refractivity (Wildman–Crippen MR) is 95.0 cm³/mol. The molecule has 0 bridgehead atoms. The van der Waals surface area contributed by atoms with E-state index in [0.29, 0.717) is 29.4 Å². The maximum atomic E-state index is 12.7. The summed E-state index contributed by atoms with van der Waals surface area (Å²) in [5.41, 5.74) is 0. The normalized spacial score (nSPS) is 22.2. The number of hydrogen-bond acceptors (Lipinski definition) is 5. The van der Waals surface area contributed by atoms with Crippen LogP contribution in [0.2, 0.25) is 0 Å². The third kappa shape index (κ3) is 3.03. The van der Waals surface area contributed by atoms with Crippen molar-refractivity contribution >= 4 is 15.7 Å². The molecule has 2 atom stereocenters. The number of fused-ring (bicyclic) bond motifs is 1. The smallest absolute Gasteiger partial charge is 0.267 e. The average molecular weight is 373 g/mol. The van der Waals surface area contributed by atoms with Crippen LogP contribution in [0.4, 0.5) is 0 Å². The van der Waals surface area contributed by atoms with Crippen LogP contribution in [0.3, 0.4) is 0 Å². The number of para-hydroxylation sites is 2. The molecule has 2 heterocycles. The minimum atomic E-state index is -3.45. The fraction of sp³-hybridized carbons (Fsp3) is 0.316. The number of amides is 1. The van der Waals surface area contributed by atoms with Gasteiger partial charge in [-0.15, -0.1) is 0 Å². The van der Waals surface area contributed by atoms with Gasteiger partial charge in [0.25, 0.3) is 5.91 Å². The summed E-state index contributed by atoms with van der Waals surface area (Å²) in [6.45, 7) is 0.705. The Balaban J connectivity index is 1.45. The minimum absolute atomic E-state index is 0.127. The van der Waals surface area contributed by atoms with Gasteiger partial charge in [0.05, 0.1) is 10.1 Å². The summed E-state index contributed by atoms with van der Waals surface area (Å²) >= 11 is 0. The quantitative estimate of drug-likeness (QED) is 0.822. The molecule has 2 unspecified atom stereocenters. The van der Waals surface area contributed by atoms with Gasteiger partial charge in [-0.3, -0.25) is 4.79 Å². The van der Waals surface area contributed by atoms with Crippen LogP contribution in [0.25, 0.3) is 0 Å². The van der Waals surface area contributed by atoms with E-state index in [9.17, 15) is 13.2 Å². The molecule has 0 radical (unpaired) electrons. The summed E-state index contributed by atoms with van der Waals surface area (Å²) in [6, 6.07) is 15.6. The van der Waals surface area contributed by atoms with Gasteiger partial charge in [0.2, 0.25) is 6.10 Å². The SMILES string of the molecule is O=C(C1COc2ccccc2O1)N1CCC(S(=O)(=O)c2ccccc2)C1. The number of carbonyl (C=O) groups excluding carboxylic acids is 1. The van der Waals surface area contributed by atoms with E-state index in [1.54, 1.807) is 47.4 Å². The highest BCUT2D eigenvalue weighted by Gasteiger charge is 2.39. The summed E-state index contributed by atoms with van der Waals surface area (Å²) in [5, 5.41) is -0.592. The molecule has 6 nitrogen and oxygen atoms in total. The van der Waals surface area contributed by atoms with Gasteiger partial charge in [-0.2, -0.15) is 0 Å². The van der Waals surface area contributed by atoms with Crippen molar-refractivity contribution in [2.75, 3.05) is 19.7 Å². The van der Waals surface area contributed by atoms with E-state index < -0.39 is 21.2 Å². The Labute approximate surface area is 152 Å². The second-order valence-electron chi connectivity index (χ2n) is 6.42. The van der Waals surface area contributed by atoms with E-state index in [1.807, 2.05) is 12.1 Å². The van der Waals surface area contributed by atoms with Crippen LogP contribution in [-0.4, -0.2) is 50.3 Å². The number of nitrogens with zero attached hydrogens (tertiary/aromatic N) is 1. The number of ether oxygens (including phenoxy) is 2. The lowest BCUT2D eigenvalue weighted by atomic mass is 10.2. The molecule has 2 aromatic rings. The van der Waals surface area contributed by atoms with Gasteiger partial charge in [-0.05, 0) is 30.7 Å². The van der Waals surface area contributed by atoms with Crippen molar-refractivity contribution in [3.8, 4) is 11.5 Å². The number of likely N-dealkylation sites (tertiary alicyclic amines) is 1. The van der Waals surface area contributed by atoms with Crippen LogP contribution in [-0.2, 0) is 14.6 Å². The van der Waals surface area contributed by atoms with Crippen LogP contribution < -0.4 is 9.47 Å². The van der Waals surface area contributed by atoms with Gasteiger partial charge in [-0.1, -0.05) is 30.3 Å². The van der Waals surface area contributed by atoms with E-state index in [0.717, 1.165) is 0 Å². The number of benzene rings is 2. The van der Waals surface area contributed by atoms with E-state index in [-0.39, 0.29) is 19.1 Å². The molecule has 2 aromatic carbocycles. The Kier molecular flexibility index (Phi) is 4.32. The number of sulfone groups is 1. The molecule has 1 saturated heterocycles. The first kappa shape index (κ1) is 16.9. The van der Waals surface area contributed by atoms with Gasteiger partial charge in [0.15, 0.2) is 21.3 Å². The summed E-state index contributed by atoms with van der Waals surface area (Å²) in [7, 11) is -3.45. The largest absolute Gasteiger partial charge is 0.485 e. The van der Waals surface area contributed by atoms with Crippen molar-refractivity contribution in [1.29, 1.82) is 0 Å². The molecule has 1 amide bonds. The summed E-state index contributed by atoms with van der Waals surface area (Å²) < 4.78 is 36.8. The van der Waals surface area contributed by atoms with E-state index in [1.165, 1.54) is 0 Å².